The van der Waals surface area contributed by atoms with Crippen molar-refractivity contribution in [2.24, 2.45) is 0 Å². The molecular weight excluding hydrogens is 296 g/mol. The molecule has 2 aromatic rings. The van der Waals surface area contributed by atoms with Gasteiger partial charge in [-0.15, -0.1) is 0 Å². The summed E-state index contributed by atoms with van der Waals surface area (Å²) >= 11 is 0. The van der Waals surface area contributed by atoms with E-state index in [1.807, 2.05) is 6.07 Å². The molecule has 0 atom stereocenters. The van der Waals surface area contributed by atoms with Gasteiger partial charge in [-0.05, 0) is 63.3 Å². The lowest BCUT2D eigenvalue weighted by Crippen LogP contribution is -2.45. The maximum atomic E-state index is 5.44. The molecule has 1 fully saturated rings. The van der Waals surface area contributed by atoms with Crippen molar-refractivity contribution in [1.29, 1.82) is 0 Å². The van der Waals surface area contributed by atoms with Crippen LogP contribution in [-0.2, 0) is 13.1 Å². The molecule has 0 N–H and O–H groups in total. The topological polar surface area (TPSA) is 17.4 Å². The summed E-state index contributed by atoms with van der Waals surface area (Å²) in [6.07, 6.45) is 2.67. The molecule has 2 aliphatic rings. The average molecular weight is 324 g/mol. The molecular formula is C21H28N2O. The summed E-state index contributed by atoms with van der Waals surface area (Å²) in [5.41, 5.74) is 5.97. The Bertz CT molecular complexity index is 750. The zero-order chi connectivity index (χ0) is 16.9. The van der Waals surface area contributed by atoms with Gasteiger partial charge in [-0.3, -0.25) is 4.90 Å². The van der Waals surface area contributed by atoms with Crippen LogP contribution in [0.2, 0.25) is 0 Å². The van der Waals surface area contributed by atoms with Crippen LogP contribution in [0.3, 0.4) is 0 Å². The number of methoxy groups -OCH3 is 1. The lowest BCUT2D eigenvalue weighted by Gasteiger charge is -2.39. The zero-order valence-electron chi connectivity index (χ0n) is 15.3. The van der Waals surface area contributed by atoms with Gasteiger partial charge in [0.15, 0.2) is 0 Å². The van der Waals surface area contributed by atoms with E-state index in [0.29, 0.717) is 0 Å². The van der Waals surface area contributed by atoms with Crippen LogP contribution in [0.1, 0.15) is 50.9 Å². The van der Waals surface area contributed by atoms with E-state index in [-0.39, 0.29) is 5.54 Å². The Balaban J connectivity index is 1.77. The normalized spacial score (nSPS) is 18.5. The standard InChI is InChI=1S/C21H28N2O/c1-21(2,3)22-10-11-23-17(14-22)13-19(20(23)15-8-9-15)16-6-5-7-18(12-16)24-4/h5-7,12-13,15H,8-11,14H2,1-4H3. The molecule has 1 aliphatic carbocycles. The molecule has 24 heavy (non-hydrogen) atoms. The van der Waals surface area contributed by atoms with Crippen LogP contribution in [0.25, 0.3) is 11.1 Å². The second-order valence-corrected chi connectivity index (χ2v) is 8.18. The SMILES string of the molecule is COc1cccc(-c2cc3n(c2C2CC2)CCN(C(C)(C)C)C3)c1. The minimum absolute atomic E-state index is 0.228. The van der Waals surface area contributed by atoms with Gasteiger partial charge in [0.2, 0.25) is 0 Å². The van der Waals surface area contributed by atoms with E-state index in [9.17, 15) is 0 Å². The lowest BCUT2D eigenvalue weighted by molar-refractivity contribution is 0.102. The summed E-state index contributed by atoms with van der Waals surface area (Å²) < 4.78 is 8.05. The monoisotopic (exact) mass is 324 g/mol. The maximum absolute atomic E-state index is 5.44. The van der Waals surface area contributed by atoms with Crippen molar-refractivity contribution in [3.8, 4) is 16.9 Å². The Morgan fingerprint density at radius 3 is 2.54 bits per heavy atom. The Morgan fingerprint density at radius 1 is 1.08 bits per heavy atom. The molecule has 4 rings (SSSR count). The quantitative estimate of drug-likeness (QED) is 0.817. The number of nitrogens with zero attached hydrogens (tertiary/aromatic N) is 2. The molecule has 0 bridgehead atoms. The second kappa shape index (κ2) is 5.66. The summed E-state index contributed by atoms with van der Waals surface area (Å²) in [5, 5.41) is 0. The molecule has 1 saturated carbocycles. The molecule has 1 aliphatic heterocycles. The van der Waals surface area contributed by atoms with Gasteiger partial charge in [0.05, 0.1) is 7.11 Å². The zero-order valence-corrected chi connectivity index (χ0v) is 15.3. The van der Waals surface area contributed by atoms with Gasteiger partial charge >= 0.3 is 0 Å². The first-order chi connectivity index (χ1) is 11.5. The first-order valence-electron chi connectivity index (χ1n) is 9.09. The molecule has 0 saturated heterocycles. The van der Waals surface area contributed by atoms with E-state index in [0.717, 1.165) is 31.3 Å². The molecule has 0 amide bonds. The molecule has 128 valence electrons. The van der Waals surface area contributed by atoms with Gasteiger partial charge in [-0.25, -0.2) is 0 Å². The number of hydrogen-bond donors (Lipinski definition) is 0. The van der Waals surface area contributed by atoms with Gasteiger partial charge in [0, 0.05) is 42.1 Å². The molecule has 2 heterocycles. The Morgan fingerprint density at radius 2 is 1.88 bits per heavy atom. The molecule has 3 heteroatoms. The van der Waals surface area contributed by atoms with Gasteiger partial charge in [-0.1, -0.05) is 12.1 Å². The highest BCUT2D eigenvalue weighted by atomic mass is 16.5. The molecule has 3 nitrogen and oxygen atoms in total. The molecule has 0 unspecified atom stereocenters. The lowest BCUT2D eigenvalue weighted by atomic mass is 10.0. The summed E-state index contributed by atoms with van der Waals surface area (Å²) in [4.78, 5) is 2.59. The Hall–Kier alpha value is -1.74. The first-order valence-corrected chi connectivity index (χ1v) is 9.09. The van der Waals surface area contributed by atoms with Gasteiger partial charge < -0.3 is 9.30 Å². The Kier molecular flexibility index (Phi) is 3.72. The maximum Gasteiger partial charge on any atom is 0.119 e. The van der Waals surface area contributed by atoms with E-state index < -0.39 is 0 Å². The smallest absolute Gasteiger partial charge is 0.119 e. The largest absolute Gasteiger partial charge is 0.497 e. The van der Waals surface area contributed by atoms with Crippen LogP contribution < -0.4 is 4.74 Å². The molecule has 0 radical (unpaired) electrons. The van der Waals surface area contributed by atoms with E-state index in [1.54, 1.807) is 12.8 Å². The summed E-state index contributed by atoms with van der Waals surface area (Å²) in [6.45, 7) is 10.3. The summed E-state index contributed by atoms with van der Waals surface area (Å²) in [6, 6.07) is 11.0. The fourth-order valence-electron chi connectivity index (χ4n) is 3.90. The van der Waals surface area contributed by atoms with Crippen molar-refractivity contribution in [1.82, 2.24) is 9.47 Å². The average Bonchev–Trinajstić information content (AvgIpc) is 3.33. The van der Waals surface area contributed by atoms with Crippen molar-refractivity contribution in [2.45, 2.75) is 58.2 Å². The van der Waals surface area contributed by atoms with E-state index in [1.165, 1.54) is 29.7 Å². The molecule has 1 aromatic carbocycles. The number of aromatic nitrogens is 1. The van der Waals surface area contributed by atoms with E-state index in [2.05, 4.69) is 54.5 Å². The van der Waals surface area contributed by atoms with Gasteiger partial charge in [-0.2, -0.15) is 0 Å². The van der Waals surface area contributed by atoms with E-state index in [4.69, 9.17) is 4.74 Å². The van der Waals surface area contributed by atoms with Crippen LogP contribution in [0, 0.1) is 0 Å². The number of benzene rings is 1. The van der Waals surface area contributed by atoms with Crippen LogP contribution >= 0.6 is 0 Å². The van der Waals surface area contributed by atoms with Crippen molar-refractivity contribution < 1.29 is 4.74 Å². The highest BCUT2D eigenvalue weighted by Gasteiger charge is 2.34. The predicted octanol–water partition coefficient (Wildman–Crippen LogP) is 4.66. The van der Waals surface area contributed by atoms with E-state index >= 15 is 0 Å². The fourth-order valence-corrected chi connectivity index (χ4v) is 3.90. The molecule has 1 aromatic heterocycles. The predicted molar refractivity (Wildman–Crippen MR) is 98.6 cm³/mol. The third kappa shape index (κ3) is 2.75. The second-order valence-electron chi connectivity index (χ2n) is 8.18. The fraction of sp³-hybridized carbons (Fsp3) is 0.524. The third-order valence-corrected chi connectivity index (χ3v) is 5.46. The minimum Gasteiger partial charge on any atom is -0.497 e. The summed E-state index contributed by atoms with van der Waals surface area (Å²) in [7, 11) is 1.74. The molecule has 0 spiro atoms. The third-order valence-electron chi connectivity index (χ3n) is 5.46. The highest BCUT2D eigenvalue weighted by molar-refractivity contribution is 5.70. The number of fused-ring (bicyclic) bond motifs is 1. The highest BCUT2D eigenvalue weighted by Crippen LogP contribution is 2.47. The van der Waals surface area contributed by atoms with Crippen LogP contribution in [-0.4, -0.2) is 28.7 Å². The van der Waals surface area contributed by atoms with Gasteiger partial charge in [0.25, 0.3) is 0 Å². The summed E-state index contributed by atoms with van der Waals surface area (Å²) in [5.74, 6) is 1.69. The van der Waals surface area contributed by atoms with Gasteiger partial charge in [0.1, 0.15) is 5.75 Å². The van der Waals surface area contributed by atoms with Crippen LogP contribution in [0.15, 0.2) is 30.3 Å². The van der Waals surface area contributed by atoms with Crippen molar-refractivity contribution in [3.63, 3.8) is 0 Å². The first kappa shape index (κ1) is 15.8. The number of rotatable bonds is 3. The van der Waals surface area contributed by atoms with Crippen LogP contribution in [0.4, 0.5) is 0 Å². The Labute approximate surface area is 145 Å². The van der Waals surface area contributed by atoms with Crippen molar-refractivity contribution in [3.05, 3.63) is 41.7 Å². The number of hydrogen-bond acceptors (Lipinski definition) is 2. The number of ether oxygens (including phenoxy) is 1. The minimum atomic E-state index is 0.228. The van der Waals surface area contributed by atoms with Crippen molar-refractivity contribution >= 4 is 0 Å². The van der Waals surface area contributed by atoms with Crippen molar-refractivity contribution in [2.75, 3.05) is 13.7 Å². The van der Waals surface area contributed by atoms with Crippen LogP contribution in [0.5, 0.6) is 5.75 Å².